The molecule has 0 radical (unpaired) electrons. The predicted molar refractivity (Wildman–Crippen MR) is 232 cm³/mol. The average molecular weight is 858 g/mol. The summed E-state index contributed by atoms with van der Waals surface area (Å²) in [4.78, 5) is 60.7. The van der Waals surface area contributed by atoms with E-state index in [1.54, 1.807) is 97.1 Å². The number of hydrogen-bond acceptors (Lipinski definition) is 13. The van der Waals surface area contributed by atoms with Crippen molar-refractivity contribution in [3.8, 4) is 11.5 Å². The highest BCUT2D eigenvalue weighted by Crippen LogP contribution is 2.53. The van der Waals surface area contributed by atoms with Crippen molar-refractivity contribution in [3.05, 3.63) is 196 Å². The van der Waals surface area contributed by atoms with Gasteiger partial charge in [0.2, 0.25) is 5.90 Å². The van der Waals surface area contributed by atoms with Crippen LogP contribution in [0.1, 0.15) is 48.6 Å². The third kappa shape index (κ3) is 7.47. The first-order chi connectivity index (χ1) is 31.3. The van der Waals surface area contributed by atoms with E-state index in [0.29, 0.717) is 36.4 Å². The fourth-order valence-corrected chi connectivity index (χ4v) is 8.92. The highest BCUT2D eigenvalue weighted by Gasteiger charge is 2.62. The summed E-state index contributed by atoms with van der Waals surface area (Å²) < 4.78 is 39.7. The molecule has 1 spiro atoms. The minimum atomic E-state index is -1.46. The summed E-state index contributed by atoms with van der Waals surface area (Å²) in [5, 5.41) is 12.3. The first kappa shape index (κ1) is 40.2. The van der Waals surface area contributed by atoms with E-state index in [0.717, 1.165) is 11.1 Å². The standard InChI is InChI=1S/C50H39N3O11/c54-47(32-15-4-1-5-16-32)59-30-42-43(62-48(55)33-17-6-2-7-18-33)44(63-49(56)34-19-8-3-9-20-34)46(61-42)52-39-25-24-36(53(57)58)29-38(39)51-45-37(28-35-21-11-12-22-40(35)60-45)50(52)27-26-31-14-10-13-23-41(31)64-50/h1-25,29,37,42-44,46H,26-28,30H2/t37?,42-,43-,44-,46-,50?/m1/s1. The highest BCUT2D eigenvalue weighted by atomic mass is 16.7. The summed E-state index contributed by atoms with van der Waals surface area (Å²) in [5.74, 6) is -1.47. The van der Waals surface area contributed by atoms with Crippen LogP contribution in [0.15, 0.2) is 163 Å². The number of para-hydroxylation sites is 2. The van der Waals surface area contributed by atoms with E-state index >= 15 is 0 Å². The quantitative estimate of drug-likeness (QED) is 0.0591. The number of non-ortho nitro benzene ring substituents is 1. The molecule has 6 aromatic rings. The minimum absolute atomic E-state index is 0.154. The predicted octanol–water partition coefficient (Wildman–Crippen LogP) is 8.45. The number of benzene rings is 6. The Morgan fingerprint density at radius 3 is 1.94 bits per heavy atom. The molecule has 320 valence electrons. The van der Waals surface area contributed by atoms with Crippen molar-refractivity contribution >= 4 is 40.9 Å². The highest BCUT2D eigenvalue weighted by molar-refractivity contribution is 5.93. The van der Waals surface area contributed by atoms with Gasteiger partial charge in [0.1, 0.15) is 24.2 Å². The number of nitro benzene ring substituents is 1. The maximum absolute atomic E-state index is 14.3. The van der Waals surface area contributed by atoms with E-state index in [1.807, 2.05) is 53.4 Å². The second-order valence-corrected chi connectivity index (χ2v) is 15.8. The van der Waals surface area contributed by atoms with Crippen LogP contribution < -0.4 is 14.4 Å². The van der Waals surface area contributed by atoms with Gasteiger partial charge in [-0.2, -0.15) is 0 Å². The van der Waals surface area contributed by atoms with Gasteiger partial charge in [0.25, 0.3) is 5.69 Å². The topological polar surface area (TPSA) is 165 Å². The number of anilines is 1. The van der Waals surface area contributed by atoms with Crippen LogP contribution in [-0.2, 0) is 31.8 Å². The number of ether oxygens (including phenoxy) is 6. The molecule has 6 atom stereocenters. The third-order valence-electron chi connectivity index (χ3n) is 12.0. The first-order valence-corrected chi connectivity index (χ1v) is 20.8. The zero-order valence-corrected chi connectivity index (χ0v) is 34.1. The Hall–Kier alpha value is -7.84. The summed E-state index contributed by atoms with van der Waals surface area (Å²) in [6, 6.07) is 44.5. The number of esters is 3. The fraction of sp³-hybridized carbons (Fsp3) is 0.200. The van der Waals surface area contributed by atoms with Gasteiger partial charge in [-0.25, -0.2) is 19.4 Å². The van der Waals surface area contributed by atoms with Crippen LogP contribution in [0.25, 0.3) is 0 Å². The number of hydrogen-bond donors (Lipinski definition) is 0. The van der Waals surface area contributed by atoms with Crippen LogP contribution in [0.2, 0.25) is 0 Å². The maximum atomic E-state index is 14.3. The number of aliphatic imine (C=N–C) groups is 1. The molecule has 0 bridgehead atoms. The second kappa shape index (κ2) is 16.8. The van der Waals surface area contributed by atoms with E-state index in [1.165, 1.54) is 12.1 Å². The molecule has 1 saturated heterocycles. The molecule has 6 aromatic carbocycles. The minimum Gasteiger partial charge on any atom is -0.467 e. The number of aryl methyl sites for hydroxylation is 1. The number of fused-ring (bicyclic) bond motifs is 5. The van der Waals surface area contributed by atoms with Gasteiger partial charge in [-0.1, -0.05) is 91.0 Å². The lowest BCUT2D eigenvalue weighted by molar-refractivity contribution is -0.384. The van der Waals surface area contributed by atoms with Gasteiger partial charge in [-0.15, -0.1) is 0 Å². The van der Waals surface area contributed by atoms with Crippen LogP contribution in [0, 0.1) is 16.0 Å². The Bertz CT molecular complexity index is 2790. The fourth-order valence-electron chi connectivity index (χ4n) is 8.92. The lowest BCUT2D eigenvalue weighted by Gasteiger charge is -2.53. The van der Waals surface area contributed by atoms with Crippen molar-refractivity contribution in [1.29, 1.82) is 0 Å². The van der Waals surface area contributed by atoms with E-state index < -0.39 is 65.6 Å². The van der Waals surface area contributed by atoms with Gasteiger partial charge in [0.15, 0.2) is 24.2 Å². The van der Waals surface area contributed by atoms with Crippen LogP contribution in [0.4, 0.5) is 17.1 Å². The van der Waals surface area contributed by atoms with E-state index in [-0.39, 0.29) is 34.0 Å². The summed E-state index contributed by atoms with van der Waals surface area (Å²) in [6.45, 7) is -0.435. The first-order valence-electron chi connectivity index (χ1n) is 20.8. The third-order valence-corrected chi connectivity index (χ3v) is 12.0. The molecule has 4 aliphatic rings. The molecule has 0 aliphatic carbocycles. The molecule has 10 rings (SSSR count). The Kier molecular flexibility index (Phi) is 10.6. The van der Waals surface area contributed by atoms with Crippen molar-refractivity contribution in [2.24, 2.45) is 10.9 Å². The lowest BCUT2D eigenvalue weighted by atomic mass is 9.80. The summed E-state index contributed by atoms with van der Waals surface area (Å²) in [7, 11) is 0. The van der Waals surface area contributed by atoms with E-state index in [9.17, 15) is 24.5 Å². The molecule has 4 aliphatic heterocycles. The Balaban J connectivity index is 1.17. The van der Waals surface area contributed by atoms with Crippen LogP contribution >= 0.6 is 0 Å². The van der Waals surface area contributed by atoms with Gasteiger partial charge < -0.3 is 33.3 Å². The van der Waals surface area contributed by atoms with Gasteiger partial charge in [-0.05, 0) is 78.6 Å². The largest absolute Gasteiger partial charge is 0.467 e. The number of rotatable bonds is 9. The van der Waals surface area contributed by atoms with Gasteiger partial charge in [-0.3, -0.25) is 10.1 Å². The molecule has 1 fully saturated rings. The van der Waals surface area contributed by atoms with Crippen LogP contribution in [-0.4, -0.2) is 65.6 Å². The molecular weight excluding hydrogens is 819 g/mol. The van der Waals surface area contributed by atoms with Crippen molar-refractivity contribution in [3.63, 3.8) is 0 Å². The van der Waals surface area contributed by atoms with Gasteiger partial charge in [0.05, 0.1) is 38.9 Å². The summed E-state index contributed by atoms with van der Waals surface area (Å²) in [6.07, 6.45) is -4.28. The summed E-state index contributed by atoms with van der Waals surface area (Å²) >= 11 is 0. The average Bonchev–Trinajstić information content (AvgIpc) is 3.60. The molecule has 2 unspecified atom stereocenters. The van der Waals surface area contributed by atoms with Crippen LogP contribution in [0.3, 0.4) is 0 Å². The molecule has 0 N–H and O–H groups in total. The molecule has 0 aromatic heterocycles. The SMILES string of the molecule is O=C(OC[C@H]1O[C@@H](N2c3ccc([N+](=O)[O-])cc3N=C3Oc4ccccc4CC3C23CCc2ccccc2O3)[C@H](OC(=O)c2ccccc2)[C@@H]1OC(=O)c1ccccc1)c1ccccc1. The second-order valence-electron chi connectivity index (χ2n) is 15.8. The molecule has 0 saturated carbocycles. The van der Waals surface area contributed by atoms with Crippen LogP contribution in [0.5, 0.6) is 11.5 Å². The van der Waals surface area contributed by atoms with E-state index in [2.05, 4.69) is 0 Å². The molecule has 14 nitrogen and oxygen atoms in total. The molecule has 14 heteroatoms. The number of nitrogens with zero attached hydrogens (tertiary/aromatic N) is 3. The van der Waals surface area contributed by atoms with Gasteiger partial charge >= 0.3 is 17.9 Å². The molecular formula is C50H39N3O11. The van der Waals surface area contributed by atoms with Crippen molar-refractivity contribution < 1.29 is 47.7 Å². The Morgan fingerprint density at radius 2 is 1.28 bits per heavy atom. The lowest BCUT2D eigenvalue weighted by Crippen LogP contribution is -2.67. The maximum Gasteiger partial charge on any atom is 0.338 e. The number of carbonyl (C=O) groups is 3. The monoisotopic (exact) mass is 857 g/mol. The van der Waals surface area contributed by atoms with Crippen molar-refractivity contribution in [1.82, 2.24) is 0 Å². The number of carbonyl (C=O) groups excluding carboxylic acids is 3. The van der Waals surface area contributed by atoms with Gasteiger partial charge in [0, 0.05) is 18.6 Å². The molecule has 4 heterocycles. The number of nitro groups is 1. The Labute approximate surface area is 366 Å². The summed E-state index contributed by atoms with van der Waals surface area (Å²) in [5.41, 5.74) is 1.28. The van der Waals surface area contributed by atoms with E-state index in [4.69, 9.17) is 33.4 Å². The zero-order valence-electron chi connectivity index (χ0n) is 34.1. The molecule has 0 amide bonds. The normalized spacial score (nSPS) is 22.7. The van der Waals surface area contributed by atoms with Crippen molar-refractivity contribution in [2.45, 2.75) is 49.5 Å². The Morgan fingerprint density at radius 1 is 0.703 bits per heavy atom. The zero-order chi connectivity index (χ0) is 43.8. The smallest absolute Gasteiger partial charge is 0.338 e. The van der Waals surface area contributed by atoms with Crippen molar-refractivity contribution in [2.75, 3.05) is 11.5 Å². The molecule has 64 heavy (non-hydrogen) atoms.